The molecule has 9 aromatic carbocycles. The van der Waals surface area contributed by atoms with Crippen molar-refractivity contribution in [2.24, 2.45) is 0 Å². The molecule has 12 rings (SSSR count). The molecule has 11 aromatic rings. The van der Waals surface area contributed by atoms with Crippen molar-refractivity contribution in [3.8, 4) is 67.3 Å². The van der Waals surface area contributed by atoms with E-state index in [1.54, 1.807) is 0 Å². The van der Waals surface area contributed by atoms with Crippen LogP contribution in [0.15, 0.2) is 199 Å². The van der Waals surface area contributed by atoms with E-state index in [4.69, 9.17) is 14.4 Å². The lowest BCUT2D eigenvalue weighted by Gasteiger charge is -2.22. The van der Waals surface area contributed by atoms with Crippen LogP contribution in [0.5, 0.6) is 0 Å². The number of benzene rings is 9. The van der Waals surface area contributed by atoms with Gasteiger partial charge in [-0.2, -0.15) is 0 Å². The Kier molecular flexibility index (Phi) is 7.58. The van der Waals surface area contributed by atoms with Crippen LogP contribution in [0.2, 0.25) is 0 Å². The van der Waals surface area contributed by atoms with Crippen LogP contribution in [0.4, 0.5) is 0 Å². The van der Waals surface area contributed by atoms with Crippen molar-refractivity contribution >= 4 is 43.5 Å². The molecule has 0 saturated carbocycles. The Labute approximate surface area is 348 Å². The predicted octanol–water partition coefficient (Wildman–Crippen LogP) is 15.3. The Balaban J connectivity index is 0.940. The Bertz CT molecular complexity index is 3500. The number of hydrogen-bond donors (Lipinski definition) is 0. The zero-order valence-corrected chi connectivity index (χ0v) is 33.3. The molecule has 0 N–H and O–H groups in total. The topological polar surface area (TPSA) is 38.9 Å². The molecule has 0 aliphatic heterocycles. The summed E-state index contributed by atoms with van der Waals surface area (Å²) in [6.07, 6.45) is 0. The molecule has 0 saturated heterocycles. The van der Waals surface area contributed by atoms with Gasteiger partial charge in [0.25, 0.3) is 0 Å². The van der Waals surface area contributed by atoms with E-state index < -0.39 is 0 Å². The summed E-state index contributed by atoms with van der Waals surface area (Å²) in [5.74, 6) is 0.697. The van der Waals surface area contributed by atoms with Gasteiger partial charge in [0.2, 0.25) is 0 Å². The third kappa shape index (κ3) is 5.51. The van der Waals surface area contributed by atoms with Gasteiger partial charge < -0.3 is 4.42 Å². The maximum absolute atomic E-state index is 6.33. The molecule has 3 nitrogen and oxygen atoms in total. The minimum atomic E-state index is -0.0944. The smallest absolute Gasteiger partial charge is 0.160 e. The summed E-state index contributed by atoms with van der Waals surface area (Å²) in [5, 5.41) is 7.17. The van der Waals surface area contributed by atoms with Crippen LogP contribution in [0.1, 0.15) is 25.0 Å². The van der Waals surface area contributed by atoms with Gasteiger partial charge in [-0.15, -0.1) is 0 Å². The van der Waals surface area contributed by atoms with Crippen molar-refractivity contribution in [1.29, 1.82) is 0 Å². The monoisotopic (exact) mass is 766 g/mol. The van der Waals surface area contributed by atoms with Crippen LogP contribution < -0.4 is 0 Å². The molecule has 2 aromatic heterocycles. The highest BCUT2D eigenvalue weighted by Crippen LogP contribution is 2.53. The Morgan fingerprint density at radius 2 is 0.950 bits per heavy atom. The van der Waals surface area contributed by atoms with Crippen molar-refractivity contribution in [1.82, 2.24) is 9.97 Å². The Morgan fingerprint density at radius 3 is 1.73 bits per heavy atom. The normalized spacial score (nSPS) is 13.0. The van der Waals surface area contributed by atoms with E-state index >= 15 is 0 Å². The summed E-state index contributed by atoms with van der Waals surface area (Å²) in [7, 11) is 0. The fraction of sp³-hybridized carbons (Fsp3) is 0.0526. The van der Waals surface area contributed by atoms with E-state index in [1.165, 1.54) is 54.9 Å². The summed E-state index contributed by atoms with van der Waals surface area (Å²) >= 11 is 0. The van der Waals surface area contributed by atoms with Crippen LogP contribution in [-0.2, 0) is 5.41 Å². The van der Waals surface area contributed by atoms with E-state index in [2.05, 4.69) is 190 Å². The fourth-order valence-electron chi connectivity index (χ4n) is 9.49. The van der Waals surface area contributed by atoms with Crippen molar-refractivity contribution < 1.29 is 4.42 Å². The molecule has 60 heavy (non-hydrogen) atoms. The maximum atomic E-state index is 6.33. The van der Waals surface area contributed by atoms with Gasteiger partial charge in [-0.1, -0.05) is 159 Å². The van der Waals surface area contributed by atoms with Gasteiger partial charge in [0.05, 0.1) is 11.4 Å². The van der Waals surface area contributed by atoms with Gasteiger partial charge in [0.1, 0.15) is 11.2 Å². The summed E-state index contributed by atoms with van der Waals surface area (Å²) in [4.78, 5) is 10.4. The number of fused-ring (bicyclic) bond motifs is 8. The van der Waals surface area contributed by atoms with Gasteiger partial charge in [-0.05, 0) is 115 Å². The number of furan rings is 1. The van der Waals surface area contributed by atoms with E-state index in [9.17, 15) is 0 Å². The van der Waals surface area contributed by atoms with E-state index in [1.807, 2.05) is 18.2 Å². The number of rotatable bonds is 5. The third-order valence-electron chi connectivity index (χ3n) is 12.6. The standard InChI is InChI=1S/C57H38N2O/c1-57(2)49-21-11-20-45(55(49)48-31-40-15-6-8-16-41(40)32-50(48)57)35-22-24-36(25-23-35)51-34-52(59-56(58-51)37-12-4-3-5-13-37)44-19-10-18-38(28-44)43-26-27-53-46(30-43)47-29-39-14-7-9-17-42(39)33-54(47)60-53/h3-34H,1-2H3. The SMILES string of the molecule is CC1(C)c2cc3ccccc3cc2-c2c(-c3ccc(-c4cc(-c5cccc(-c6ccc7oc8cc9ccccc9cc8c7c6)c5)nc(-c5ccccc5)n4)cc3)cccc21. The minimum Gasteiger partial charge on any atom is -0.456 e. The molecular weight excluding hydrogens is 729 g/mol. The quantitative estimate of drug-likeness (QED) is 0.175. The van der Waals surface area contributed by atoms with E-state index in [-0.39, 0.29) is 5.41 Å². The number of aromatic nitrogens is 2. The summed E-state index contributed by atoms with van der Waals surface area (Å²) in [5.41, 5.74) is 16.6. The van der Waals surface area contributed by atoms with Crippen molar-refractivity contribution in [3.63, 3.8) is 0 Å². The van der Waals surface area contributed by atoms with Crippen LogP contribution in [-0.4, -0.2) is 9.97 Å². The fourth-order valence-corrected chi connectivity index (χ4v) is 9.49. The zero-order chi connectivity index (χ0) is 40.0. The van der Waals surface area contributed by atoms with Crippen LogP contribution >= 0.6 is 0 Å². The van der Waals surface area contributed by atoms with Crippen molar-refractivity contribution in [2.45, 2.75) is 19.3 Å². The summed E-state index contributed by atoms with van der Waals surface area (Å²) in [6.45, 7) is 4.71. The lowest BCUT2D eigenvalue weighted by Crippen LogP contribution is -2.14. The lowest BCUT2D eigenvalue weighted by atomic mass is 9.81. The van der Waals surface area contributed by atoms with Gasteiger partial charge >= 0.3 is 0 Å². The molecule has 282 valence electrons. The molecule has 0 spiro atoms. The average Bonchev–Trinajstić information content (AvgIpc) is 3.77. The molecule has 0 unspecified atom stereocenters. The van der Waals surface area contributed by atoms with Crippen molar-refractivity contribution in [2.75, 3.05) is 0 Å². The second-order valence-electron chi connectivity index (χ2n) is 16.6. The van der Waals surface area contributed by atoms with Crippen LogP contribution in [0.25, 0.3) is 111 Å². The highest BCUT2D eigenvalue weighted by molar-refractivity contribution is 6.11. The van der Waals surface area contributed by atoms with Gasteiger partial charge in [0.15, 0.2) is 5.82 Å². The molecule has 0 bridgehead atoms. The first kappa shape index (κ1) is 34.4. The summed E-state index contributed by atoms with van der Waals surface area (Å²) in [6, 6.07) is 69.6. The number of hydrogen-bond acceptors (Lipinski definition) is 3. The van der Waals surface area contributed by atoms with Gasteiger partial charge in [-0.3, -0.25) is 0 Å². The van der Waals surface area contributed by atoms with E-state index in [0.717, 1.165) is 61.1 Å². The molecule has 0 amide bonds. The largest absolute Gasteiger partial charge is 0.456 e. The number of nitrogens with zero attached hydrogens (tertiary/aromatic N) is 2. The molecule has 0 fully saturated rings. The van der Waals surface area contributed by atoms with Gasteiger partial charge in [-0.25, -0.2) is 9.97 Å². The molecule has 1 aliphatic carbocycles. The second kappa shape index (κ2) is 13.2. The lowest BCUT2D eigenvalue weighted by molar-refractivity contribution is 0.661. The Hall–Kier alpha value is -7.62. The maximum Gasteiger partial charge on any atom is 0.160 e. The predicted molar refractivity (Wildman–Crippen MR) is 249 cm³/mol. The molecule has 0 radical (unpaired) electrons. The zero-order valence-electron chi connectivity index (χ0n) is 33.3. The second-order valence-corrected chi connectivity index (χ2v) is 16.6. The summed E-state index contributed by atoms with van der Waals surface area (Å²) < 4.78 is 6.33. The first-order valence-electron chi connectivity index (χ1n) is 20.6. The highest BCUT2D eigenvalue weighted by Gasteiger charge is 2.37. The molecular formula is C57H38N2O. The van der Waals surface area contributed by atoms with Gasteiger partial charge in [0, 0.05) is 32.9 Å². The Morgan fingerprint density at radius 1 is 0.367 bits per heavy atom. The molecule has 2 heterocycles. The molecule has 0 atom stereocenters. The van der Waals surface area contributed by atoms with E-state index in [0.29, 0.717) is 5.82 Å². The minimum absolute atomic E-state index is 0.0944. The van der Waals surface area contributed by atoms with Crippen LogP contribution in [0.3, 0.4) is 0 Å². The highest BCUT2D eigenvalue weighted by atomic mass is 16.3. The first-order chi connectivity index (χ1) is 29.4. The average molecular weight is 767 g/mol. The van der Waals surface area contributed by atoms with Crippen LogP contribution in [0, 0.1) is 0 Å². The third-order valence-corrected chi connectivity index (χ3v) is 12.6. The molecule has 3 heteroatoms. The first-order valence-corrected chi connectivity index (χ1v) is 20.6. The molecule has 1 aliphatic rings. The van der Waals surface area contributed by atoms with Crippen molar-refractivity contribution in [3.05, 3.63) is 205 Å².